The number of amides is 1. The van der Waals surface area contributed by atoms with Crippen LogP contribution in [0.3, 0.4) is 0 Å². The van der Waals surface area contributed by atoms with Crippen molar-refractivity contribution in [2.45, 2.75) is 0 Å². The van der Waals surface area contributed by atoms with Gasteiger partial charge in [-0.1, -0.05) is 12.1 Å². The molecule has 9 nitrogen and oxygen atoms in total. The SMILES string of the molecule is COc1ccc(OCCN2CCN(CC(=O)Nc3ccccc3[N+](=O)[O-])CC2)cc1. The third kappa shape index (κ3) is 6.16. The zero-order valence-electron chi connectivity index (χ0n) is 17.0. The molecule has 0 saturated carbocycles. The number of carbonyl (C=O) groups excluding carboxylic acids is 1. The van der Waals surface area contributed by atoms with E-state index in [9.17, 15) is 14.9 Å². The van der Waals surface area contributed by atoms with Crippen LogP contribution in [0, 0.1) is 10.1 Å². The Labute approximate surface area is 175 Å². The fraction of sp³-hybridized carbons (Fsp3) is 0.381. The molecule has 160 valence electrons. The molecule has 0 radical (unpaired) electrons. The molecular weight excluding hydrogens is 388 g/mol. The Morgan fingerprint density at radius 1 is 1.03 bits per heavy atom. The van der Waals surface area contributed by atoms with Crippen molar-refractivity contribution >= 4 is 17.3 Å². The van der Waals surface area contributed by atoms with Gasteiger partial charge in [0.05, 0.1) is 18.6 Å². The van der Waals surface area contributed by atoms with Crippen molar-refractivity contribution in [2.24, 2.45) is 0 Å². The number of ether oxygens (including phenoxy) is 2. The first-order valence-corrected chi connectivity index (χ1v) is 9.80. The Morgan fingerprint density at radius 3 is 2.33 bits per heavy atom. The van der Waals surface area contributed by atoms with E-state index in [0.29, 0.717) is 6.61 Å². The van der Waals surface area contributed by atoms with Gasteiger partial charge in [-0.05, 0) is 30.3 Å². The number of anilines is 1. The van der Waals surface area contributed by atoms with E-state index in [4.69, 9.17) is 9.47 Å². The van der Waals surface area contributed by atoms with Crippen molar-refractivity contribution in [3.05, 3.63) is 58.6 Å². The highest BCUT2D eigenvalue weighted by atomic mass is 16.6. The van der Waals surface area contributed by atoms with E-state index in [1.165, 1.54) is 12.1 Å². The first-order chi connectivity index (χ1) is 14.5. The van der Waals surface area contributed by atoms with Crippen LogP contribution in [0.1, 0.15) is 0 Å². The lowest BCUT2D eigenvalue weighted by Gasteiger charge is -2.34. The van der Waals surface area contributed by atoms with E-state index in [1.807, 2.05) is 29.2 Å². The Morgan fingerprint density at radius 2 is 1.67 bits per heavy atom. The summed E-state index contributed by atoms with van der Waals surface area (Å²) in [7, 11) is 1.63. The van der Waals surface area contributed by atoms with E-state index in [-0.39, 0.29) is 23.8 Å². The highest BCUT2D eigenvalue weighted by Gasteiger charge is 2.20. The molecule has 1 saturated heterocycles. The third-order valence-electron chi connectivity index (χ3n) is 4.94. The number of para-hydroxylation sites is 2. The summed E-state index contributed by atoms with van der Waals surface area (Å²) in [5, 5.41) is 13.7. The summed E-state index contributed by atoms with van der Waals surface area (Å²) in [5.41, 5.74) is 0.120. The van der Waals surface area contributed by atoms with Crippen molar-refractivity contribution in [1.82, 2.24) is 9.80 Å². The molecule has 1 heterocycles. The number of nitro groups is 1. The van der Waals surface area contributed by atoms with Crippen molar-refractivity contribution in [2.75, 3.05) is 58.3 Å². The smallest absolute Gasteiger partial charge is 0.292 e. The van der Waals surface area contributed by atoms with Crippen LogP contribution >= 0.6 is 0 Å². The van der Waals surface area contributed by atoms with Gasteiger partial charge >= 0.3 is 0 Å². The van der Waals surface area contributed by atoms with Crippen LogP contribution in [-0.2, 0) is 4.79 Å². The Balaban J connectivity index is 1.37. The maximum absolute atomic E-state index is 12.3. The second-order valence-corrected chi connectivity index (χ2v) is 6.96. The number of carbonyl (C=O) groups is 1. The van der Waals surface area contributed by atoms with Crippen molar-refractivity contribution in [3.8, 4) is 11.5 Å². The molecule has 9 heteroatoms. The first kappa shape index (κ1) is 21.5. The standard InChI is InChI=1S/C21H26N4O5/c1-29-17-6-8-18(9-7-17)30-15-14-23-10-12-24(13-11-23)16-21(26)22-19-4-2-3-5-20(19)25(27)28/h2-9H,10-16H2,1H3,(H,22,26). The van der Waals surface area contributed by atoms with Crippen molar-refractivity contribution < 1.29 is 19.2 Å². The Bertz CT molecular complexity index is 851. The average molecular weight is 414 g/mol. The van der Waals surface area contributed by atoms with E-state index >= 15 is 0 Å². The molecular formula is C21H26N4O5. The maximum Gasteiger partial charge on any atom is 0.292 e. The summed E-state index contributed by atoms with van der Waals surface area (Å²) in [6, 6.07) is 13.6. The number of nitrogens with one attached hydrogen (secondary N) is 1. The first-order valence-electron chi connectivity index (χ1n) is 9.80. The van der Waals surface area contributed by atoms with Gasteiger partial charge in [-0.15, -0.1) is 0 Å². The monoisotopic (exact) mass is 414 g/mol. The summed E-state index contributed by atoms with van der Waals surface area (Å²) in [6.45, 7) is 4.80. The fourth-order valence-corrected chi connectivity index (χ4v) is 3.27. The molecule has 1 aliphatic heterocycles. The number of benzene rings is 2. The van der Waals surface area contributed by atoms with Crippen LogP contribution in [-0.4, -0.2) is 73.6 Å². The maximum atomic E-state index is 12.3. The zero-order chi connectivity index (χ0) is 21.3. The number of methoxy groups -OCH3 is 1. The molecule has 3 rings (SSSR count). The average Bonchev–Trinajstić information content (AvgIpc) is 2.75. The van der Waals surface area contributed by atoms with Gasteiger partial charge in [0.25, 0.3) is 5.69 Å². The van der Waals surface area contributed by atoms with Crippen LogP contribution in [0.15, 0.2) is 48.5 Å². The summed E-state index contributed by atoms with van der Waals surface area (Å²) < 4.78 is 10.9. The number of piperazine rings is 1. The molecule has 1 aliphatic rings. The van der Waals surface area contributed by atoms with Gasteiger partial charge in [0.15, 0.2) is 0 Å². The largest absolute Gasteiger partial charge is 0.497 e. The molecule has 0 spiro atoms. The summed E-state index contributed by atoms with van der Waals surface area (Å²) in [6.07, 6.45) is 0. The molecule has 0 atom stereocenters. The van der Waals surface area contributed by atoms with Gasteiger partial charge in [0.1, 0.15) is 23.8 Å². The van der Waals surface area contributed by atoms with Gasteiger partial charge in [-0.2, -0.15) is 0 Å². The van der Waals surface area contributed by atoms with Gasteiger partial charge in [0, 0.05) is 38.8 Å². The second-order valence-electron chi connectivity index (χ2n) is 6.96. The van der Waals surface area contributed by atoms with Gasteiger partial charge in [-0.25, -0.2) is 0 Å². The van der Waals surface area contributed by atoms with E-state index in [0.717, 1.165) is 44.2 Å². The van der Waals surface area contributed by atoms with Crippen molar-refractivity contribution in [3.63, 3.8) is 0 Å². The van der Waals surface area contributed by atoms with Gasteiger partial charge in [-0.3, -0.25) is 24.7 Å². The van der Waals surface area contributed by atoms with Crippen LogP contribution in [0.2, 0.25) is 0 Å². The number of nitrogens with zero attached hydrogens (tertiary/aromatic N) is 3. The van der Waals surface area contributed by atoms with Gasteiger partial charge in [0.2, 0.25) is 5.91 Å². The van der Waals surface area contributed by atoms with E-state index in [2.05, 4.69) is 10.2 Å². The molecule has 0 unspecified atom stereocenters. The predicted octanol–water partition coefficient (Wildman–Crippen LogP) is 2.24. The number of rotatable bonds is 9. The van der Waals surface area contributed by atoms with Crippen LogP contribution < -0.4 is 14.8 Å². The fourth-order valence-electron chi connectivity index (χ4n) is 3.27. The minimum absolute atomic E-state index is 0.104. The molecule has 0 aromatic heterocycles. The predicted molar refractivity (Wildman–Crippen MR) is 113 cm³/mol. The lowest BCUT2D eigenvalue weighted by atomic mass is 10.2. The van der Waals surface area contributed by atoms with Gasteiger partial charge < -0.3 is 14.8 Å². The highest BCUT2D eigenvalue weighted by molar-refractivity contribution is 5.94. The topological polar surface area (TPSA) is 97.2 Å². The van der Waals surface area contributed by atoms with Crippen LogP contribution in [0.4, 0.5) is 11.4 Å². The summed E-state index contributed by atoms with van der Waals surface area (Å²) >= 11 is 0. The quantitative estimate of drug-likeness (QED) is 0.496. The lowest BCUT2D eigenvalue weighted by Crippen LogP contribution is -2.49. The molecule has 1 amide bonds. The second kappa shape index (κ2) is 10.6. The Hall–Kier alpha value is -3.17. The lowest BCUT2D eigenvalue weighted by molar-refractivity contribution is -0.383. The normalized spacial score (nSPS) is 14.8. The molecule has 0 bridgehead atoms. The number of nitro benzene ring substituents is 1. The zero-order valence-corrected chi connectivity index (χ0v) is 17.0. The molecule has 2 aromatic rings. The number of hydrogen-bond acceptors (Lipinski definition) is 7. The molecule has 0 aliphatic carbocycles. The third-order valence-corrected chi connectivity index (χ3v) is 4.94. The highest BCUT2D eigenvalue weighted by Crippen LogP contribution is 2.23. The molecule has 1 fully saturated rings. The number of hydrogen-bond donors (Lipinski definition) is 1. The van der Waals surface area contributed by atoms with E-state index in [1.54, 1.807) is 19.2 Å². The summed E-state index contributed by atoms with van der Waals surface area (Å²) in [5.74, 6) is 1.35. The van der Waals surface area contributed by atoms with Crippen LogP contribution in [0.5, 0.6) is 11.5 Å². The molecule has 2 aromatic carbocycles. The Kier molecular flexibility index (Phi) is 7.58. The summed E-state index contributed by atoms with van der Waals surface area (Å²) in [4.78, 5) is 27.2. The van der Waals surface area contributed by atoms with Crippen LogP contribution in [0.25, 0.3) is 0 Å². The minimum atomic E-state index is -0.498. The van der Waals surface area contributed by atoms with Crippen molar-refractivity contribution in [1.29, 1.82) is 0 Å². The van der Waals surface area contributed by atoms with E-state index < -0.39 is 4.92 Å². The minimum Gasteiger partial charge on any atom is -0.497 e. The molecule has 30 heavy (non-hydrogen) atoms. The molecule has 1 N–H and O–H groups in total.